The number of amides is 1. The summed E-state index contributed by atoms with van der Waals surface area (Å²) in [5.74, 6) is 0.674. The van der Waals surface area contributed by atoms with Crippen molar-refractivity contribution in [2.75, 3.05) is 50.1 Å². The lowest BCUT2D eigenvalue weighted by Crippen LogP contribution is -2.49. The largest absolute Gasteiger partial charge is 0.496 e. The van der Waals surface area contributed by atoms with Gasteiger partial charge in [0.1, 0.15) is 11.6 Å². The van der Waals surface area contributed by atoms with E-state index in [1.54, 1.807) is 37.6 Å². The first-order chi connectivity index (χ1) is 18.6. The number of aryl methyl sites for hydroxylation is 1. The number of hydrogen-bond acceptors (Lipinski definition) is 9. The Morgan fingerprint density at radius 2 is 1.87 bits per heavy atom. The molecule has 39 heavy (non-hydrogen) atoms. The topological polar surface area (TPSA) is 96.4 Å². The molecule has 1 fully saturated rings. The van der Waals surface area contributed by atoms with Gasteiger partial charge in [-0.1, -0.05) is 22.9 Å². The van der Waals surface area contributed by atoms with E-state index >= 15 is 0 Å². The number of alkyl halides is 3. The molecule has 4 aromatic rings. The normalized spacial score (nSPS) is 14.6. The predicted octanol–water partition coefficient (Wildman–Crippen LogP) is 5.06. The second-order valence-corrected chi connectivity index (χ2v) is 10.3. The van der Waals surface area contributed by atoms with Gasteiger partial charge in [0, 0.05) is 54.2 Å². The zero-order valence-corrected chi connectivity index (χ0v) is 22.5. The molecule has 204 valence electrons. The highest BCUT2D eigenvalue weighted by Crippen LogP contribution is 2.35. The summed E-state index contributed by atoms with van der Waals surface area (Å²) in [4.78, 5) is 34.7. The van der Waals surface area contributed by atoms with Crippen LogP contribution < -0.4 is 15.0 Å². The zero-order chi connectivity index (χ0) is 27.7. The molecule has 0 bridgehead atoms. The number of nitrogens with zero attached hydrogens (tertiary/aromatic N) is 6. The Labute approximate surface area is 230 Å². The van der Waals surface area contributed by atoms with Crippen molar-refractivity contribution in [2.24, 2.45) is 0 Å². The number of ether oxygens (including phenoxy) is 1. The number of carbonyl (C=O) groups is 1. The lowest BCUT2D eigenvalue weighted by molar-refractivity contribution is -0.146. The molecular weight excluding hydrogens is 555 g/mol. The maximum atomic E-state index is 13.3. The van der Waals surface area contributed by atoms with Crippen molar-refractivity contribution in [3.05, 3.63) is 52.9 Å². The summed E-state index contributed by atoms with van der Waals surface area (Å²) in [5.41, 5.74) is 2.62. The van der Waals surface area contributed by atoms with E-state index in [2.05, 4.69) is 25.3 Å². The minimum Gasteiger partial charge on any atom is -0.496 e. The standard InChI is InChI=1S/C25H23ClF3N7O2S/c1-14-9-16(17-10-15(26)3-4-19(17)38-2)18(11-30-14)22(37)34-24-33-21-23(39-24)32-20(12-31-21)36-7-5-35(6-8-36)13-25(27,28)29/h3-4,9-12H,5-8,13H2,1-2H3,(H,31,33,34,37). The number of fused-ring (bicyclic) bond motifs is 1. The molecule has 1 amide bonds. The number of hydrogen-bond donors (Lipinski definition) is 1. The molecular formula is C25H23ClF3N7O2S. The maximum absolute atomic E-state index is 13.3. The van der Waals surface area contributed by atoms with Crippen LogP contribution in [0.25, 0.3) is 21.6 Å². The van der Waals surface area contributed by atoms with Gasteiger partial charge in [-0.25, -0.2) is 9.97 Å². The van der Waals surface area contributed by atoms with E-state index < -0.39 is 18.6 Å². The molecule has 1 N–H and O–H groups in total. The molecule has 5 rings (SSSR count). The Morgan fingerprint density at radius 1 is 1.10 bits per heavy atom. The molecule has 1 aliphatic heterocycles. The number of carbonyl (C=O) groups excluding carboxylic acids is 1. The third-order valence-corrected chi connectivity index (χ3v) is 7.26. The van der Waals surface area contributed by atoms with Crippen LogP contribution in [0.15, 0.2) is 36.7 Å². The van der Waals surface area contributed by atoms with Crippen molar-refractivity contribution in [1.29, 1.82) is 0 Å². The molecule has 1 aliphatic rings. The molecule has 1 aromatic carbocycles. The van der Waals surface area contributed by atoms with Gasteiger partial charge in [-0.3, -0.25) is 20.0 Å². The van der Waals surface area contributed by atoms with Crippen molar-refractivity contribution in [3.8, 4) is 16.9 Å². The fourth-order valence-corrected chi connectivity index (χ4v) is 5.29. The lowest BCUT2D eigenvalue weighted by Gasteiger charge is -2.35. The molecule has 4 heterocycles. The van der Waals surface area contributed by atoms with Crippen LogP contribution in [0.5, 0.6) is 5.75 Å². The second kappa shape index (κ2) is 10.9. The number of pyridine rings is 1. The van der Waals surface area contributed by atoms with Crippen LogP contribution in [-0.4, -0.2) is 76.8 Å². The molecule has 0 saturated carbocycles. The highest BCUT2D eigenvalue weighted by molar-refractivity contribution is 7.21. The number of nitrogens with one attached hydrogen (secondary N) is 1. The molecule has 3 aromatic heterocycles. The Kier molecular flexibility index (Phi) is 7.56. The van der Waals surface area contributed by atoms with Crippen molar-refractivity contribution in [2.45, 2.75) is 13.1 Å². The van der Waals surface area contributed by atoms with Gasteiger partial charge in [-0.05, 0) is 31.2 Å². The minimum atomic E-state index is -4.22. The van der Waals surface area contributed by atoms with E-state index in [1.165, 1.54) is 11.1 Å². The summed E-state index contributed by atoms with van der Waals surface area (Å²) < 4.78 is 43.5. The quantitative estimate of drug-likeness (QED) is 0.340. The molecule has 0 spiro atoms. The van der Waals surface area contributed by atoms with E-state index in [1.807, 2.05) is 11.8 Å². The Morgan fingerprint density at radius 3 is 2.59 bits per heavy atom. The van der Waals surface area contributed by atoms with Crippen LogP contribution in [0.4, 0.5) is 24.1 Å². The van der Waals surface area contributed by atoms with Gasteiger partial charge in [0.05, 0.1) is 25.4 Å². The number of aromatic nitrogens is 4. The van der Waals surface area contributed by atoms with Gasteiger partial charge in [0.2, 0.25) is 0 Å². The van der Waals surface area contributed by atoms with Gasteiger partial charge in [-0.15, -0.1) is 0 Å². The van der Waals surface area contributed by atoms with Crippen molar-refractivity contribution in [3.63, 3.8) is 0 Å². The molecule has 14 heteroatoms. The van der Waals surface area contributed by atoms with Gasteiger partial charge in [-0.2, -0.15) is 18.2 Å². The van der Waals surface area contributed by atoms with Crippen LogP contribution >= 0.6 is 22.9 Å². The van der Waals surface area contributed by atoms with Gasteiger partial charge >= 0.3 is 6.18 Å². The average molecular weight is 578 g/mol. The smallest absolute Gasteiger partial charge is 0.401 e. The summed E-state index contributed by atoms with van der Waals surface area (Å²) in [6.45, 7) is 2.23. The van der Waals surface area contributed by atoms with Crippen molar-refractivity contribution >= 4 is 50.3 Å². The summed E-state index contributed by atoms with van der Waals surface area (Å²) in [6.07, 6.45) is -1.19. The van der Waals surface area contributed by atoms with Crippen molar-refractivity contribution < 1.29 is 22.7 Å². The van der Waals surface area contributed by atoms with E-state index in [9.17, 15) is 18.0 Å². The fourth-order valence-electron chi connectivity index (χ4n) is 4.33. The van der Waals surface area contributed by atoms with E-state index in [0.29, 0.717) is 67.7 Å². The summed E-state index contributed by atoms with van der Waals surface area (Å²) in [7, 11) is 1.54. The molecule has 0 atom stereocenters. The van der Waals surface area contributed by atoms with Crippen molar-refractivity contribution in [1.82, 2.24) is 24.8 Å². The zero-order valence-electron chi connectivity index (χ0n) is 20.9. The monoisotopic (exact) mass is 577 g/mol. The Balaban J connectivity index is 1.35. The highest BCUT2D eigenvalue weighted by atomic mass is 35.5. The first kappa shape index (κ1) is 27.0. The Hall–Kier alpha value is -3.55. The number of thiazole rings is 1. The summed E-state index contributed by atoms with van der Waals surface area (Å²) in [6, 6.07) is 6.94. The predicted molar refractivity (Wildman–Crippen MR) is 144 cm³/mol. The van der Waals surface area contributed by atoms with Gasteiger partial charge in [0.15, 0.2) is 15.6 Å². The van der Waals surface area contributed by atoms with Crippen LogP contribution in [0.3, 0.4) is 0 Å². The van der Waals surface area contributed by atoms with Crippen LogP contribution in [0, 0.1) is 6.92 Å². The summed E-state index contributed by atoms with van der Waals surface area (Å²) >= 11 is 7.38. The van der Waals surface area contributed by atoms with E-state index in [-0.39, 0.29) is 13.1 Å². The first-order valence-corrected chi connectivity index (χ1v) is 13.1. The van der Waals surface area contributed by atoms with Crippen LogP contribution in [0.2, 0.25) is 5.02 Å². The number of methoxy groups -OCH3 is 1. The van der Waals surface area contributed by atoms with E-state index in [4.69, 9.17) is 16.3 Å². The Bertz CT molecular complexity index is 1520. The number of piperazine rings is 1. The van der Waals surface area contributed by atoms with Gasteiger partial charge < -0.3 is 9.64 Å². The van der Waals surface area contributed by atoms with Crippen LogP contribution in [-0.2, 0) is 0 Å². The molecule has 1 saturated heterocycles. The number of anilines is 2. The molecule has 0 unspecified atom stereocenters. The number of rotatable bonds is 6. The molecule has 0 radical (unpaired) electrons. The number of benzene rings is 1. The van der Waals surface area contributed by atoms with Crippen LogP contribution in [0.1, 0.15) is 16.1 Å². The highest BCUT2D eigenvalue weighted by Gasteiger charge is 2.32. The average Bonchev–Trinajstić information content (AvgIpc) is 3.29. The lowest BCUT2D eigenvalue weighted by atomic mass is 9.99. The SMILES string of the molecule is COc1ccc(Cl)cc1-c1cc(C)ncc1C(=O)Nc1nc2ncc(N3CCN(CC(F)(F)F)CC3)nc2s1. The third-order valence-electron chi connectivity index (χ3n) is 6.17. The van der Waals surface area contributed by atoms with E-state index in [0.717, 1.165) is 11.3 Å². The molecule has 0 aliphatic carbocycles. The second-order valence-electron chi connectivity index (χ2n) is 8.92. The molecule has 9 nitrogen and oxygen atoms in total. The maximum Gasteiger partial charge on any atom is 0.401 e. The first-order valence-electron chi connectivity index (χ1n) is 11.9. The number of halogens is 4. The minimum absolute atomic E-state index is 0.271. The third kappa shape index (κ3) is 6.21. The fraction of sp³-hybridized carbons (Fsp3) is 0.320. The summed E-state index contributed by atoms with van der Waals surface area (Å²) in [5, 5.41) is 3.59. The van der Waals surface area contributed by atoms with Gasteiger partial charge in [0.25, 0.3) is 5.91 Å².